The molecule has 0 bridgehead atoms. The van der Waals surface area contributed by atoms with E-state index in [2.05, 4.69) is 22.5 Å². The smallest absolute Gasteiger partial charge is 0.191 e. The van der Waals surface area contributed by atoms with Crippen molar-refractivity contribution in [1.29, 1.82) is 0 Å². The Morgan fingerprint density at radius 1 is 1.43 bits per heavy atom. The zero-order valence-electron chi connectivity index (χ0n) is 16.9. The second kappa shape index (κ2) is 11.1. The fourth-order valence-corrected chi connectivity index (χ4v) is 3.54. The summed E-state index contributed by atoms with van der Waals surface area (Å²) in [7, 11) is 0. The molecule has 1 saturated heterocycles. The molecule has 1 aromatic heterocycles. The first kappa shape index (κ1) is 23.1. The third-order valence-corrected chi connectivity index (χ3v) is 5.42. The fraction of sp³-hybridized carbons (Fsp3) is 0.700. The van der Waals surface area contributed by atoms with E-state index < -0.39 is 0 Å². The molecule has 8 heteroatoms. The second-order valence-electron chi connectivity index (χ2n) is 7.53. The largest absolute Gasteiger partial charge is 0.382 e. The molecule has 0 radical (unpaired) electrons. The maximum Gasteiger partial charge on any atom is 0.191 e. The van der Waals surface area contributed by atoms with E-state index in [1.807, 2.05) is 11.8 Å². The van der Waals surface area contributed by atoms with E-state index in [1.54, 1.807) is 12.3 Å². The number of guanidine groups is 1. The molecule has 158 valence electrons. The third-order valence-electron chi connectivity index (χ3n) is 5.42. The molecule has 0 amide bonds. The van der Waals surface area contributed by atoms with E-state index in [9.17, 15) is 4.39 Å². The van der Waals surface area contributed by atoms with Crippen LogP contribution in [0.4, 0.5) is 10.2 Å². The van der Waals surface area contributed by atoms with Crippen LogP contribution in [0.2, 0.25) is 0 Å². The molecule has 28 heavy (non-hydrogen) atoms. The van der Waals surface area contributed by atoms with Gasteiger partial charge in [-0.3, -0.25) is 4.99 Å². The zero-order valence-corrected chi connectivity index (χ0v) is 19.2. The molecule has 1 unspecified atom stereocenters. The van der Waals surface area contributed by atoms with Crippen LogP contribution < -0.4 is 15.5 Å². The Hall–Kier alpha value is -1.16. The number of pyridine rings is 1. The quantitative estimate of drug-likeness (QED) is 0.234. The topological polar surface area (TPSA) is 61.8 Å². The number of ether oxygens (including phenoxy) is 1. The predicted molar refractivity (Wildman–Crippen MR) is 122 cm³/mol. The normalized spacial score (nSPS) is 20.6. The van der Waals surface area contributed by atoms with Gasteiger partial charge in [0.2, 0.25) is 0 Å². The highest BCUT2D eigenvalue weighted by atomic mass is 127. The van der Waals surface area contributed by atoms with Gasteiger partial charge in [-0.15, -0.1) is 24.0 Å². The van der Waals surface area contributed by atoms with Crippen LogP contribution in [0.1, 0.15) is 39.5 Å². The first-order valence-corrected chi connectivity index (χ1v) is 10.1. The Labute approximate surface area is 184 Å². The second-order valence-corrected chi connectivity index (χ2v) is 7.53. The number of anilines is 1. The fourth-order valence-electron chi connectivity index (χ4n) is 3.54. The van der Waals surface area contributed by atoms with Crippen molar-refractivity contribution in [3.8, 4) is 0 Å². The van der Waals surface area contributed by atoms with Crippen molar-refractivity contribution in [2.75, 3.05) is 44.3 Å². The number of aliphatic imine (C=N–C) groups is 1. The summed E-state index contributed by atoms with van der Waals surface area (Å²) < 4.78 is 19.5. The highest BCUT2D eigenvalue weighted by molar-refractivity contribution is 14.0. The van der Waals surface area contributed by atoms with Gasteiger partial charge >= 0.3 is 0 Å². The molecule has 2 N–H and O–H groups in total. The van der Waals surface area contributed by atoms with Gasteiger partial charge < -0.3 is 20.3 Å². The van der Waals surface area contributed by atoms with Crippen LogP contribution in [-0.2, 0) is 4.74 Å². The minimum Gasteiger partial charge on any atom is -0.382 e. The molecular weight excluding hydrogens is 472 g/mol. The third kappa shape index (κ3) is 6.43. The molecule has 0 spiro atoms. The lowest BCUT2D eigenvalue weighted by atomic mass is 10.0. The van der Waals surface area contributed by atoms with Gasteiger partial charge in [-0.1, -0.05) is 0 Å². The molecule has 2 heterocycles. The molecule has 1 aliphatic heterocycles. The van der Waals surface area contributed by atoms with Gasteiger partial charge in [0.25, 0.3) is 0 Å². The Bertz CT molecular complexity index is 641. The zero-order chi connectivity index (χ0) is 19.1. The van der Waals surface area contributed by atoms with Crippen molar-refractivity contribution in [3.63, 3.8) is 0 Å². The molecule has 0 aromatic carbocycles. The van der Waals surface area contributed by atoms with Crippen LogP contribution in [-0.4, -0.2) is 56.4 Å². The summed E-state index contributed by atoms with van der Waals surface area (Å²) in [6.07, 6.45) is 6.14. The monoisotopic (exact) mass is 505 g/mol. The van der Waals surface area contributed by atoms with E-state index in [-0.39, 0.29) is 35.8 Å². The Balaban J connectivity index is 0.00000280. The molecule has 1 aromatic rings. The van der Waals surface area contributed by atoms with Crippen LogP contribution in [0.5, 0.6) is 0 Å². The Morgan fingerprint density at radius 3 is 2.93 bits per heavy atom. The summed E-state index contributed by atoms with van der Waals surface area (Å²) >= 11 is 0. The van der Waals surface area contributed by atoms with Gasteiger partial charge in [0, 0.05) is 51.6 Å². The SMILES string of the molecule is CCNC(=NCC1(CCOCC)CC1)NC1CCN(c2ncccc2F)C1.I. The van der Waals surface area contributed by atoms with Gasteiger partial charge in [0.15, 0.2) is 17.6 Å². The number of hydrogen-bond acceptors (Lipinski definition) is 4. The van der Waals surface area contributed by atoms with E-state index in [0.29, 0.717) is 11.2 Å². The lowest BCUT2D eigenvalue weighted by Gasteiger charge is -2.20. The van der Waals surface area contributed by atoms with Crippen LogP contribution >= 0.6 is 24.0 Å². The summed E-state index contributed by atoms with van der Waals surface area (Å²) in [5, 5.41) is 6.86. The first-order valence-electron chi connectivity index (χ1n) is 10.1. The van der Waals surface area contributed by atoms with Crippen molar-refractivity contribution < 1.29 is 9.13 Å². The van der Waals surface area contributed by atoms with Crippen molar-refractivity contribution >= 4 is 35.8 Å². The molecule has 2 aliphatic rings. The standard InChI is InChI=1S/C20H32FN5O.HI/c1-3-22-19(24-15-20(8-9-20)10-13-27-4-2)25-16-7-12-26(14-16)18-17(21)6-5-11-23-18;/h5-6,11,16H,3-4,7-10,12-15H2,1-2H3,(H2,22,24,25);1H. The minimum absolute atomic E-state index is 0. The van der Waals surface area contributed by atoms with Gasteiger partial charge in [-0.05, 0) is 57.1 Å². The number of nitrogens with zero attached hydrogens (tertiary/aromatic N) is 3. The van der Waals surface area contributed by atoms with Crippen LogP contribution in [0.3, 0.4) is 0 Å². The van der Waals surface area contributed by atoms with Crippen LogP contribution in [0, 0.1) is 11.2 Å². The van der Waals surface area contributed by atoms with Gasteiger partial charge in [-0.25, -0.2) is 9.37 Å². The molecule has 1 saturated carbocycles. The summed E-state index contributed by atoms with van der Waals surface area (Å²) in [4.78, 5) is 11.0. The van der Waals surface area contributed by atoms with E-state index in [1.165, 1.54) is 18.9 Å². The summed E-state index contributed by atoms with van der Waals surface area (Å²) in [6, 6.07) is 3.33. The van der Waals surface area contributed by atoms with Gasteiger partial charge in [-0.2, -0.15) is 0 Å². The molecule has 1 atom stereocenters. The van der Waals surface area contributed by atoms with Gasteiger partial charge in [0.1, 0.15) is 0 Å². The van der Waals surface area contributed by atoms with Crippen molar-refractivity contribution in [1.82, 2.24) is 15.6 Å². The number of aromatic nitrogens is 1. The van der Waals surface area contributed by atoms with Gasteiger partial charge in [0.05, 0.1) is 0 Å². The van der Waals surface area contributed by atoms with Crippen molar-refractivity contribution in [2.45, 2.75) is 45.6 Å². The molecule has 1 aliphatic carbocycles. The number of halogens is 2. The average Bonchev–Trinajstić information content (AvgIpc) is 3.29. The van der Waals surface area contributed by atoms with E-state index in [0.717, 1.165) is 58.2 Å². The highest BCUT2D eigenvalue weighted by Crippen LogP contribution is 2.49. The maximum atomic E-state index is 14.0. The van der Waals surface area contributed by atoms with Crippen molar-refractivity contribution in [3.05, 3.63) is 24.1 Å². The molecule has 6 nitrogen and oxygen atoms in total. The molecular formula is C20H33FIN5O. The number of rotatable bonds is 9. The Kier molecular flexibility index (Phi) is 9.20. The lowest BCUT2D eigenvalue weighted by Crippen LogP contribution is -2.45. The minimum atomic E-state index is -0.260. The lowest BCUT2D eigenvalue weighted by molar-refractivity contribution is 0.129. The van der Waals surface area contributed by atoms with Crippen LogP contribution in [0.15, 0.2) is 23.3 Å². The van der Waals surface area contributed by atoms with E-state index in [4.69, 9.17) is 9.73 Å². The molecule has 2 fully saturated rings. The summed E-state index contributed by atoms with van der Waals surface area (Å²) in [5.74, 6) is 1.04. The Morgan fingerprint density at radius 2 is 2.25 bits per heavy atom. The first-order chi connectivity index (χ1) is 13.2. The van der Waals surface area contributed by atoms with Crippen LogP contribution in [0.25, 0.3) is 0 Å². The van der Waals surface area contributed by atoms with E-state index >= 15 is 0 Å². The predicted octanol–water partition coefficient (Wildman–Crippen LogP) is 3.18. The maximum absolute atomic E-state index is 14.0. The number of hydrogen-bond donors (Lipinski definition) is 2. The highest BCUT2D eigenvalue weighted by Gasteiger charge is 2.42. The summed E-state index contributed by atoms with van der Waals surface area (Å²) in [5.41, 5.74) is 0.330. The summed E-state index contributed by atoms with van der Waals surface area (Å²) in [6.45, 7) is 8.89. The molecule has 3 rings (SSSR count). The number of nitrogens with one attached hydrogen (secondary N) is 2. The van der Waals surface area contributed by atoms with Crippen molar-refractivity contribution in [2.24, 2.45) is 10.4 Å². The average molecular weight is 505 g/mol.